The molecule has 2 aromatic rings. The highest BCUT2D eigenvalue weighted by molar-refractivity contribution is 7.85. The minimum atomic E-state index is -4.49. The molecule has 0 heterocycles. The molecule has 0 fully saturated rings. The lowest BCUT2D eigenvalue weighted by Crippen LogP contribution is -2.40. The second-order valence-electron chi connectivity index (χ2n) is 6.71. The molecule has 0 aliphatic carbocycles. The molecule has 0 amide bonds. The summed E-state index contributed by atoms with van der Waals surface area (Å²) < 4.78 is 51.1. The van der Waals surface area contributed by atoms with E-state index in [2.05, 4.69) is 0 Å². The Morgan fingerprint density at radius 3 is 2.41 bits per heavy atom. The normalized spacial score (nSPS) is 15.4. The van der Waals surface area contributed by atoms with Crippen molar-refractivity contribution in [1.29, 1.82) is 0 Å². The van der Waals surface area contributed by atoms with Crippen molar-refractivity contribution in [3.05, 3.63) is 58.6 Å². The summed E-state index contributed by atoms with van der Waals surface area (Å²) in [7, 11) is -1.77. The largest absolute Gasteiger partial charge is 0.416 e. The number of nitrogens with two attached hydrogens (primary N) is 1. The molecule has 0 bridgehead atoms. The minimum Gasteiger partial charge on any atom is -0.394 e. The van der Waals surface area contributed by atoms with Crippen LogP contribution in [0, 0.1) is 0 Å². The van der Waals surface area contributed by atoms with Crippen LogP contribution in [0.4, 0.5) is 13.2 Å². The quantitative estimate of drug-likeness (QED) is 0.691. The van der Waals surface area contributed by atoms with Gasteiger partial charge in [-0.2, -0.15) is 13.2 Å². The molecule has 0 spiro atoms. The summed E-state index contributed by atoms with van der Waals surface area (Å²) >= 11 is 6.25. The number of hydrogen-bond acceptors (Lipinski definition) is 3. The zero-order valence-corrected chi connectivity index (χ0v) is 16.3. The van der Waals surface area contributed by atoms with Crippen LogP contribution in [0.25, 0.3) is 0 Å². The SMILES string of the molecule is C[C@](N)(CO)CCCc1ccc(S(=O)c2cccc(C(F)(F)F)c2)cc1Cl. The third-order valence-electron chi connectivity index (χ3n) is 4.17. The standard InChI is InChI=1S/C19H21ClF3NO2S/c1-18(24,12-25)9-3-4-13-7-8-16(11-17(13)20)27(26)15-6-2-5-14(10-15)19(21,22)23/h2,5-8,10-11,25H,3-4,9,12,24H2,1H3/t18-,27?/m1/s1. The molecule has 0 aromatic heterocycles. The van der Waals surface area contributed by atoms with Crippen molar-refractivity contribution in [3.63, 3.8) is 0 Å². The van der Waals surface area contributed by atoms with Crippen LogP contribution in [0.1, 0.15) is 30.9 Å². The first-order chi connectivity index (χ1) is 12.5. The lowest BCUT2D eigenvalue weighted by atomic mass is 9.95. The summed E-state index contributed by atoms with van der Waals surface area (Å²) in [4.78, 5) is 0.401. The molecule has 1 unspecified atom stereocenters. The molecule has 0 aliphatic heterocycles. The van der Waals surface area contributed by atoms with Gasteiger partial charge in [-0.25, -0.2) is 4.21 Å². The van der Waals surface area contributed by atoms with Crippen molar-refractivity contribution < 1.29 is 22.5 Å². The van der Waals surface area contributed by atoms with Gasteiger partial charge in [0, 0.05) is 20.4 Å². The van der Waals surface area contributed by atoms with Crippen molar-refractivity contribution in [1.82, 2.24) is 0 Å². The van der Waals surface area contributed by atoms with E-state index in [1.165, 1.54) is 18.2 Å². The second kappa shape index (κ2) is 8.73. The van der Waals surface area contributed by atoms with E-state index in [1.54, 1.807) is 19.1 Å². The number of rotatable bonds is 7. The van der Waals surface area contributed by atoms with E-state index in [0.717, 1.165) is 17.7 Å². The van der Waals surface area contributed by atoms with E-state index in [0.29, 0.717) is 29.2 Å². The van der Waals surface area contributed by atoms with Crippen molar-refractivity contribution in [2.75, 3.05) is 6.61 Å². The Hall–Kier alpha value is -1.41. The fourth-order valence-electron chi connectivity index (χ4n) is 2.53. The van der Waals surface area contributed by atoms with Gasteiger partial charge in [-0.15, -0.1) is 0 Å². The van der Waals surface area contributed by atoms with Gasteiger partial charge in [0.15, 0.2) is 0 Å². The van der Waals surface area contributed by atoms with Gasteiger partial charge in [-0.1, -0.05) is 23.7 Å². The van der Waals surface area contributed by atoms with Gasteiger partial charge in [0.25, 0.3) is 0 Å². The van der Waals surface area contributed by atoms with E-state index in [-0.39, 0.29) is 11.5 Å². The van der Waals surface area contributed by atoms with Crippen LogP contribution in [0.2, 0.25) is 5.02 Å². The summed E-state index contributed by atoms with van der Waals surface area (Å²) in [6, 6.07) is 9.28. The molecule has 0 saturated carbocycles. The summed E-state index contributed by atoms with van der Waals surface area (Å²) in [5.74, 6) is 0. The average Bonchev–Trinajstić information content (AvgIpc) is 2.61. The number of halogens is 4. The highest BCUT2D eigenvalue weighted by Crippen LogP contribution is 2.31. The van der Waals surface area contributed by atoms with Crippen molar-refractivity contribution in [2.45, 2.75) is 47.7 Å². The van der Waals surface area contributed by atoms with Crippen LogP contribution >= 0.6 is 11.6 Å². The first-order valence-electron chi connectivity index (χ1n) is 8.31. The Morgan fingerprint density at radius 2 is 1.81 bits per heavy atom. The van der Waals surface area contributed by atoms with Crippen LogP contribution in [-0.2, 0) is 23.4 Å². The third kappa shape index (κ3) is 6.04. The number of aliphatic hydroxyl groups excluding tert-OH is 1. The fraction of sp³-hybridized carbons (Fsp3) is 0.368. The summed E-state index contributed by atoms with van der Waals surface area (Å²) in [5, 5.41) is 9.56. The molecule has 27 heavy (non-hydrogen) atoms. The molecule has 0 saturated heterocycles. The molecular formula is C19H21ClF3NO2S. The monoisotopic (exact) mass is 419 g/mol. The maximum Gasteiger partial charge on any atom is 0.416 e. The second-order valence-corrected chi connectivity index (χ2v) is 8.60. The molecule has 0 radical (unpaired) electrons. The summed E-state index contributed by atoms with van der Waals surface area (Å²) in [5.41, 5.74) is 5.22. The highest BCUT2D eigenvalue weighted by Gasteiger charge is 2.31. The molecule has 2 aromatic carbocycles. The van der Waals surface area contributed by atoms with Gasteiger partial charge in [0.05, 0.1) is 23.0 Å². The summed E-state index contributed by atoms with van der Waals surface area (Å²) in [6.45, 7) is 1.64. The Labute approximate surface area is 163 Å². The predicted octanol–water partition coefficient (Wildman–Crippen LogP) is 4.56. The van der Waals surface area contributed by atoms with E-state index >= 15 is 0 Å². The van der Waals surface area contributed by atoms with Crippen LogP contribution in [0.15, 0.2) is 52.3 Å². The van der Waals surface area contributed by atoms with Crippen LogP contribution in [0.5, 0.6) is 0 Å². The molecular weight excluding hydrogens is 399 g/mol. The molecule has 2 atom stereocenters. The highest BCUT2D eigenvalue weighted by atomic mass is 35.5. The maximum atomic E-state index is 12.8. The molecule has 3 N–H and O–H groups in total. The lowest BCUT2D eigenvalue weighted by Gasteiger charge is -2.21. The Morgan fingerprint density at radius 1 is 1.15 bits per heavy atom. The van der Waals surface area contributed by atoms with Crippen molar-refractivity contribution in [3.8, 4) is 0 Å². The van der Waals surface area contributed by atoms with Gasteiger partial charge in [0.2, 0.25) is 0 Å². The van der Waals surface area contributed by atoms with Crippen LogP contribution < -0.4 is 5.73 Å². The molecule has 148 valence electrons. The number of benzene rings is 2. The maximum absolute atomic E-state index is 12.8. The zero-order chi connectivity index (χ0) is 20.2. The van der Waals surface area contributed by atoms with E-state index in [1.807, 2.05) is 0 Å². The van der Waals surface area contributed by atoms with Gasteiger partial charge >= 0.3 is 6.18 Å². The van der Waals surface area contributed by atoms with Crippen LogP contribution in [-0.4, -0.2) is 21.5 Å². The van der Waals surface area contributed by atoms with Gasteiger partial charge in [-0.3, -0.25) is 0 Å². The first-order valence-corrected chi connectivity index (χ1v) is 9.83. The summed E-state index contributed by atoms with van der Waals surface area (Å²) in [6.07, 6.45) is -2.54. The Balaban J connectivity index is 2.14. The number of alkyl halides is 3. The van der Waals surface area contributed by atoms with Gasteiger partial charge < -0.3 is 10.8 Å². The minimum absolute atomic E-state index is 0.0653. The van der Waals surface area contributed by atoms with Gasteiger partial charge in [-0.05, 0) is 62.1 Å². The number of aryl methyl sites for hydroxylation is 1. The molecule has 8 heteroatoms. The van der Waals surface area contributed by atoms with E-state index in [4.69, 9.17) is 22.4 Å². The molecule has 3 nitrogen and oxygen atoms in total. The van der Waals surface area contributed by atoms with Crippen molar-refractivity contribution in [2.24, 2.45) is 5.73 Å². The first kappa shape index (κ1) is 21.9. The zero-order valence-electron chi connectivity index (χ0n) is 14.7. The Kier molecular flexibility index (Phi) is 7.08. The predicted molar refractivity (Wildman–Crippen MR) is 100 cm³/mol. The smallest absolute Gasteiger partial charge is 0.394 e. The topological polar surface area (TPSA) is 63.3 Å². The Bertz CT molecular complexity index is 825. The van der Waals surface area contributed by atoms with Crippen molar-refractivity contribution >= 4 is 22.4 Å². The average molecular weight is 420 g/mol. The van der Waals surface area contributed by atoms with E-state index in [9.17, 15) is 17.4 Å². The number of aliphatic hydroxyl groups is 1. The molecule has 0 aliphatic rings. The van der Waals surface area contributed by atoms with E-state index < -0.39 is 28.1 Å². The van der Waals surface area contributed by atoms with Gasteiger partial charge in [0.1, 0.15) is 0 Å². The number of hydrogen-bond donors (Lipinski definition) is 2. The lowest BCUT2D eigenvalue weighted by molar-refractivity contribution is -0.137. The fourth-order valence-corrected chi connectivity index (χ4v) is 4.00. The van der Waals surface area contributed by atoms with Crippen LogP contribution in [0.3, 0.4) is 0 Å². The molecule has 2 rings (SSSR count). The third-order valence-corrected chi connectivity index (χ3v) is 5.89.